The number of aryl methyl sites for hydroxylation is 2. The molecule has 0 bridgehead atoms. The van der Waals surface area contributed by atoms with E-state index in [1.54, 1.807) is 13.1 Å². The maximum absolute atomic E-state index is 12.3. The van der Waals surface area contributed by atoms with Crippen LogP contribution in [0.25, 0.3) is 5.69 Å². The minimum absolute atomic E-state index is 0.00642. The van der Waals surface area contributed by atoms with Crippen molar-refractivity contribution < 1.29 is 9.72 Å². The maximum atomic E-state index is 12.3. The standard InChI is InChI=1S/C19H18N4O3/c1-13-11-16(5-8-18(13)23(25)26)19(24)21-12-15-3-6-17(7-4-15)22-10-9-20-14(22)2/h3-11H,12H2,1-2H3,(H,21,24). The van der Waals surface area contributed by atoms with Crippen LogP contribution in [0.5, 0.6) is 0 Å². The van der Waals surface area contributed by atoms with E-state index < -0.39 is 4.92 Å². The molecule has 132 valence electrons. The highest BCUT2D eigenvalue weighted by atomic mass is 16.6. The van der Waals surface area contributed by atoms with Gasteiger partial charge < -0.3 is 9.88 Å². The zero-order chi connectivity index (χ0) is 18.7. The molecule has 0 fully saturated rings. The molecule has 3 rings (SSSR count). The first-order valence-corrected chi connectivity index (χ1v) is 8.08. The Balaban J connectivity index is 1.65. The Morgan fingerprint density at radius 1 is 1.19 bits per heavy atom. The highest BCUT2D eigenvalue weighted by molar-refractivity contribution is 5.94. The fraction of sp³-hybridized carbons (Fsp3) is 0.158. The van der Waals surface area contributed by atoms with E-state index in [-0.39, 0.29) is 11.6 Å². The topological polar surface area (TPSA) is 90.1 Å². The Bertz CT molecular complexity index is 961. The van der Waals surface area contributed by atoms with E-state index in [4.69, 9.17) is 0 Å². The quantitative estimate of drug-likeness (QED) is 0.564. The van der Waals surface area contributed by atoms with Crippen LogP contribution >= 0.6 is 0 Å². The zero-order valence-corrected chi connectivity index (χ0v) is 14.5. The van der Waals surface area contributed by atoms with Gasteiger partial charge in [0.1, 0.15) is 5.82 Å². The number of carbonyl (C=O) groups is 1. The molecule has 2 aromatic carbocycles. The van der Waals surface area contributed by atoms with Gasteiger partial charge in [-0.05, 0) is 43.7 Å². The lowest BCUT2D eigenvalue weighted by Crippen LogP contribution is -2.22. The summed E-state index contributed by atoms with van der Waals surface area (Å²) in [5.41, 5.74) is 2.83. The van der Waals surface area contributed by atoms with Crippen LogP contribution in [0.4, 0.5) is 5.69 Å². The molecule has 7 nitrogen and oxygen atoms in total. The van der Waals surface area contributed by atoms with Gasteiger partial charge in [-0.2, -0.15) is 0 Å². The molecule has 0 aliphatic rings. The van der Waals surface area contributed by atoms with Crippen molar-refractivity contribution in [2.24, 2.45) is 0 Å². The predicted octanol–water partition coefficient (Wildman–Crippen LogP) is 3.33. The summed E-state index contributed by atoms with van der Waals surface area (Å²) in [6, 6.07) is 12.2. The summed E-state index contributed by atoms with van der Waals surface area (Å²) < 4.78 is 1.97. The molecule has 0 spiro atoms. The number of aromatic nitrogens is 2. The molecular formula is C19H18N4O3. The van der Waals surface area contributed by atoms with Gasteiger partial charge in [0.15, 0.2) is 0 Å². The zero-order valence-electron chi connectivity index (χ0n) is 14.5. The average molecular weight is 350 g/mol. The molecule has 1 N–H and O–H groups in total. The van der Waals surface area contributed by atoms with E-state index in [2.05, 4.69) is 10.3 Å². The summed E-state index contributed by atoms with van der Waals surface area (Å²) in [4.78, 5) is 26.8. The van der Waals surface area contributed by atoms with Gasteiger partial charge >= 0.3 is 0 Å². The predicted molar refractivity (Wildman–Crippen MR) is 97.3 cm³/mol. The molecule has 7 heteroatoms. The van der Waals surface area contributed by atoms with Crippen molar-refractivity contribution in [1.29, 1.82) is 0 Å². The van der Waals surface area contributed by atoms with Crippen molar-refractivity contribution >= 4 is 11.6 Å². The number of amides is 1. The molecule has 1 heterocycles. The van der Waals surface area contributed by atoms with Crippen LogP contribution < -0.4 is 5.32 Å². The summed E-state index contributed by atoms with van der Waals surface area (Å²) in [5, 5.41) is 13.7. The number of imidazole rings is 1. The van der Waals surface area contributed by atoms with Crippen molar-refractivity contribution in [2.75, 3.05) is 0 Å². The lowest BCUT2D eigenvalue weighted by molar-refractivity contribution is -0.385. The molecule has 0 saturated heterocycles. The average Bonchev–Trinajstić information content (AvgIpc) is 3.05. The molecule has 1 aromatic heterocycles. The smallest absolute Gasteiger partial charge is 0.272 e. The molecule has 0 aliphatic heterocycles. The Hall–Kier alpha value is -3.48. The minimum atomic E-state index is -0.458. The highest BCUT2D eigenvalue weighted by Crippen LogP contribution is 2.19. The monoisotopic (exact) mass is 350 g/mol. The second-order valence-electron chi connectivity index (χ2n) is 5.95. The third-order valence-corrected chi connectivity index (χ3v) is 4.15. The summed E-state index contributed by atoms with van der Waals surface area (Å²) >= 11 is 0. The number of nitrogens with one attached hydrogen (secondary N) is 1. The molecule has 3 aromatic rings. The largest absolute Gasteiger partial charge is 0.348 e. The van der Waals surface area contributed by atoms with Gasteiger partial charge in [-0.25, -0.2) is 4.98 Å². The maximum Gasteiger partial charge on any atom is 0.272 e. The SMILES string of the molecule is Cc1cc(C(=O)NCc2ccc(-n3ccnc3C)cc2)ccc1[N+](=O)[O-]. The summed E-state index contributed by atoms with van der Waals surface area (Å²) in [7, 11) is 0. The highest BCUT2D eigenvalue weighted by Gasteiger charge is 2.13. The molecule has 1 amide bonds. The van der Waals surface area contributed by atoms with Crippen LogP contribution in [0.2, 0.25) is 0 Å². The molecule has 0 atom stereocenters. The number of nitro groups is 1. The Labute approximate surface area is 150 Å². The van der Waals surface area contributed by atoms with Crippen LogP contribution in [-0.2, 0) is 6.54 Å². The first-order valence-electron chi connectivity index (χ1n) is 8.08. The van der Waals surface area contributed by atoms with Crippen LogP contribution in [0.15, 0.2) is 54.9 Å². The van der Waals surface area contributed by atoms with Gasteiger partial charge in [-0.15, -0.1) is 0 Å². The number of hydrogen-bond donors (Lipinski definition) is 1. The van der Waals surface area contributed by atoms with Crippen molar-refractivity contribution in [3.05, 3.63) is 87.5 Å². The third kappa shape index (κ3) is 3.61. The van der Waals surface area contributed by atoms with Crippen molar-refractivity contribution in [2.45, 2.75) is 20.4 Å². The van der Waals surface area contributed by atoms with Gasteiger partial charge in [0.25, 0.3) is 11.6 Å². The number of rotatable bonds is 5. The Morgan fingerprint density at radius 2 is 1.92 bits per heavy atom. The van der Waals surface area contributed by atoms with Crippen molar-refractivity contribution in [1.82, 2.24) is 14.9 Å². The lowest BCUT2D eigenvalue weighted by atomic mass is 10.1. The van der Waals surface area contributed by atoms with E-state index in [1.807, 2.05) is 42.0 Å². The fourth-order valence-corrected chi connectivity index (χ4v) is 2.71. The van der Waals surface area contributed by atoms with Gasteiger partial charge in [0.2, 0.25) is 0 Å². The molecule has 0 saturated carbocycles. The molecular weight excluding hydrogens is 332 g/mol. The Morgan fingerprint density at radius 3 is 2.50 bits per heavy atom. The number of hydrogen-bond acceptors (Lipinski definition) is 4. The van der Waals surface area contributed by atoms with E-state index >= 15 is 0 Å². The van der Waals surface area contributed by atoms with Crippen molar-refractivity contribution in [3.8, 4) is 5.69 Å². The van der Waals surface area contributed by atoms with E-state index in [0.29, 0.717) is 17.7 Å². The first kappa shape index (κ1) is 17.3. The summed E-state index contributed by atoms with van der Waals surface area (Å²) in [6.07, 6.45) is 3.64. The molecule has 0 aliphatic carbocycles. The molecule has 0 unspecified atom stereocenters. The molecule has 26 heavy (non-hydrogen) atoms. The first-order chi connectivity index (χ1) is 12.5. The number of nitrogens with zero attached hydrogens (tertiary/aromatic N) is 3. The minimum Gasteiger partial charge on any atom is -0.348 e. The Kier molecular flexibility index (Phi) is 4.79. The summed E-state index contributed by atoms with van der Waals surface area (Å²) in [5.74, 6) is 0.636. The second kappa shape index (κ2) is 7.18. The van der Waals surface area contributed by atoms with Gasteiger partial charge in [0.05, 0.1) is 4.92 Å². The second-order valence-corrected chi connectivity index (χ2v) is 5.95. The normalized spacial score (nSPS) is 10.5. The van der Waals surface area contributed by atoms with Gasteiger partial charge in [0, 0.05) is 41.8 Å². The van der Waals surface area contributed by atoms with E-state index in [1.165, 1.54) is 18.2 Å². The van der Waals surface area contributed by atoms with E-state index in [0.717, 1.165) is 17.1 Å². The number of benzene rings is 2. The van der Waals surface area contributed by atoms with E-state index in [9.17, 15) is 14.9 Å². The lowest BCUT2D eigenvalue weighted by Gasteiger charge is -2.09. The van der Waals surface area contributed by atoms with Gasteiger partial charge in [-0.1, -0.05) is 12.1 Å². The fourth-order valence-electron chi connectivity index (χ4n) is 2.71. The van der Waals surface area contributed by atoms with Gasteiger partial charge in [-0.3, -0.25) is 14.9 Å². The van der Waals surface area contributed by atoms with Crippen molar-refractivity contribution in [3.63, 3.8) is 0 Å². The summed E-state index contributed by atoms with van der Waals surface area (Å²) in [6.45, 7) is 3.92. The third-order valence-electron chi connectivity index (χ3n) is 4.15. The van der Waals surface area contributed by atoms with Crippen LogP contribution in [0.1, 0.15) is 27.3 Å². The number of nitro benzene ring substituents is 1. The number of carbonyl (C=O) groups excluding carboxylic acids is 1. The van der Waals surface area contributed by atoms with Crippen LogP contribution in [-0.4, -0.2) is 20.4 Å². The molecule has 0 radical (unpaired) electrons. The van der Waals surface area contributed by atoms with Crippen LogP contribution in [0, 0.1) is 24.0 Å². The van der Waals surface area contributed by atoms with Crippen LogP contribution in [0.3, 0.4) is 0 Å².